The first-order valence-corrected chi connectivity index (χ1v) is 11.1. The van der Waals surface area contributed by atoms with Crippen molar-refractivity contribution in [3.05, 3.63) is 90.3 Å². The van der Waals surface area contributed by atoms with Gasteiger partial charge in [0.15, 0.2) is 0 Å². The summed E-state index contributed by atoms with van der Waals surface area (Å²) in [4.78, 5) is 16.2. The van der Waals surface area contributed by atoms with Crippen LogP contribution in [0, 0.1) is 6.92 Å². The van der Waals surface area contributed by atoms with Crippen LogP contribution in [0.15, 0.2) is 84.2 Å². The molecule has 3 aromatic rings. The lowest BCUT2D eigenvalue weighted by Crippen LogP contribution is -2.56. The van der Waals surface area contributed by atoms with Crippen LogP contribution in [0.2, 0.25) is 0 Å². The summed E-state index contributed by atoms with van der Waals surface area (Å²) >= 11 is 0. The van der Waals surface area contributed by atoms with Crippen molar-refractivity contribution in [1.29, 1.82) is 0 Å². The average molecular weight is 632 g/mol. The molecule has 1 aromatic heterocycles. The topological polar surface area (TPSA) is 112 Å². The van der Waals surface area contributed by atoms with E-state index in [1.807, 2.05) is 19.1 Å². The number of alkyl halides is 10. The number of hydrogen-bond acceptors (Lipinski definition) is 7. The van der Waals surface area contributed by atoms with Crippen LogP contribution in [0.1, 0.15) is 11.1 Å². The van der Waals surface area contributed by atoms with Crippen LogP contribution in [-0.4, -0.2) is 47.8 Å². The third-order valence-electron chi connectivity index (χ3n) is 4.53. The maximum absolute atomic E-state index is 13.6. The first-order chi connectivity index (χ1) is 19.8. The van der Waals surface area contributed by atoms with Crippen LogP contribution in [0.5, 0.6) is 11.5 Å². The van der Waals surface area contributed by atoms with E-state index in [1.54, 1.807) is 30.3 Å². The molecule has 234 valence electrons. The van der Waals surface area contributed by atoms with Crippen molar-refractivity contribution in [2.24, 2.45) is 5.10 Å². The Hall–Kier alpha value is -4.70. The van der Waals surface area contributed by atoms with E-state index in [9.17, 15) is 49.0 Å². The first kappa shape index (κ1) is 36.3. The maximum atomic E-state index is 13.6. The molecule has 0 aliphatic heterocycles. The molecule has 0 aliphatic carbocycles. The van der Waals surface area contributed by atoms with Crippen LogP contribution >= 0.6 is 0 Å². The number of hydrogen-bond donors (Lipinski definition) is 1. The summed E-state index contributed by atoms with van der Waals surface area (Å²) < 4.78 is 135. The van der Waals surface area contributed by atoms with Crippen molar-refractivity contribution in [3.8, 4) is 11.5 Å². The Morgan fingerprint density at radius 1 is 0.884 bits per heavy atom. The van der Waals surface area contributed by atoms with Crippen LogP contribution in [-0.2, 0) is 14.3 Å². The highest BCUT2D eigenvalue weighted by Crippen LogP contribution is 2.48. The Morgan fingerprint density at radius 2 is 1.37 bits per heavy atom. The number of pyridine rings is 1. The number of aryl methyl sites for hydroxylation is 1. The number of rotatable bonds is 8. The van der Waals surface area contributed by atoms with E-state index in [2.05, 4.69) is 14.6 Å². The van der Waals surface area contributed by atoms with E-state index < -0.39 is 42.3 Å². The summed E-state index contributed by atoms with van der Waals surface area (Å²) in [6.45, 7) is 1.99. The minimum absolute atomic E-state index is 0.179. The first-order valence-electron chi connectivity index (χ1n) is 11.1. The van der Waals surface area contributed by atoms with Gasteiger partial charge in [-0.3, -0.25) is 4.74 Å². The summed E-state index contributed by atoms with van der Waals surface area (Å²) in [5.74, 6) is -8.46. The standard InChI is InChI=1S/C17H10F10N2O3.C7H8O.CO2/c18-13(32-17(26,27)15(21,22)16(23,24)25)14(19,20)31-11-6-4-10(5-7-11)12(30)28-29-8-2-1-3-9-29;1-6-2-4-7(8)5-3-6;2-1-3/h1-9,13H;2-5,8H,1H3;. The third kappa shape index (κ3) is 10.9. The van der Waals surface area contributed by atoms with E-state index in [-0.39, 0.29) is 11.7 Å². The second-order valence-electron chi connectivity index (χ2n) is 7.79. The lowest BCUT2D eigenvalue weighted by atomic mass is 10.2. The summed E-state index contributed by atoms with van der Waals surface area (Å²) in [6, 6.07) is 14.8. The Labute approximate surface area is 235 Å². The molecule has 0 spiro atoms. The van der Waals surface area contributed by atoms with Crippen LogP contribution in [0.4, 0.5) is 43.9 Å². The molecule has 2 aromatic carbocycles. The number of phenolic OH excluding ortho intramolecular Hbond substituents is 1. The fourth-order valence-corrected chi connectivity index (χ4v) is 2.47. The molecule has 0 fully saturated rings. The third-order valence-corrected chi connectivity index (χ3v) is 4.53. The van der Waals surface area contributed by atoms with Gasteiger partial charge < -0.3 is 14.9 Å². The van der Waals surface area contributed by atoms with Crippen LogP contribution < -0.4 is 14.5 Å². The highest BCUT2D eigenvalue weighted by molar-refractivity contribution is 5.90. The zero-order chi connectivity index (χ0) is 33.1. The average Bonchev–Trinajstić information content (AvgIpc) is 2.91. The van der Waals surface area contributed by atoms with E-state index in [1.165, 1.54) is 18.0 Å². The summed E-state index contributed by atoms with van der Waals surface area (Å²) in [6.07, 6.45) is -20.7. The van der Waals surface area contributed by atoms with Gasteiger partial charge in [0.05, 0.1) is 5.90 Å². The molecule has 0 amide bonds. The highest BCUT2D eigenvalue weighted by atomic mass is 19.4. The monoisotopic (exact) mass is 632 g/mol. The smallest absolute Gasteiger partial charge is 0.462 e. The summed E-state index contributed by atoms with van der Waals surface area (Å²) in [5.41, 5.74) is 0.990. The van der Waals surface area contributed by atoms with E-state index >= 15 is 0 Å². The second-order valence-corrected chi connectivity index (χ2v) is 7.79. The Kier molecular flexibility index (Phi) is 12.6. The largest absolute Gasteiger partial charge is 0.854 e. The molecule has 1 unspecified atom stereocenters. The number of aromatic nitrogens is 1. The summed E-state index contributed by atoms with van der Waals surface area (Å²) in [5, 5.41) is 24.3. The molecule has 0 saturated heterocycles. The SMILES string of the molecule is Cc1ccc(O)cc1.O=C=O.[O-]C(=N[n+]1ccccc1)c1ccc(OC(F)(F)C(F)OC(F)(F)C(F)(F)C(F)(F)F)cc1. The van der Waals surface area contributed by atoms with Crippen molar-refractivity contribution < 1.29 is 77.9 Å². The molecule has 0 bridgehead atoms. The second kappa shape index (κ2) is 15.0. The van der Waals surface area contributed by atoms with Crippen LogP contribution in [0.25, 0.3) is 0 Å². The lowest BCUT2D eigenvalue weighted by molar-refractivity contribution is -0.681. The van der Waals surface area contributed by atoms with Crippen molar-refractivity contribution in [3.63, 3.8) is 0 Å². The molecule has 0 radical (unpaired) electrons. The van der Waals surface area contributed by atoms with Gasteiger partial charge in [0.1, 0.15) is 11.5 Å². The molecule has 3 rings (SSSR count). The number of nitrogens with zero attached hydrogens (tertiary/aromatic N) is 2. The number of phenols is 1. The molecule has 43 heavy (non-hydrogen) atoms. The van der Waals surface area contributed by atoms with E-state index in [4.69, 9.17) is 14.7 Å². The highest BCUT2D eigenvalue weighted by Gasteiger charge is 2.76. The van der Waals surface area contributed by atoms with E-state index in [0.717, 1.165) is 16.8 Å². The Balaban J connectivity index is 0.000000705. The predicted molar refractivity (Wildman–Crippen MR) is 120 cm³/mol. The maximum Gasteiger partial charge on any atom is 0.462 e. The predicted octanol–water partition coefficient (Wildman–Crippen LogP) is 4.74. The van der Waals surface area contributed by atoms with E-state index in [0.29, 0.717) is 17.9 Å². The van der Waals surface area contributed by atoms with Crippen LogP contribution in [0.3, 0.4) is 0 Å². The van der Waals surface area contributed by atoms with Gasteiger partial charge >= 0.3 is 36.8 Å². The van der Waals surface area contributed by atoms with Gasteiger partial charge in [-0.15, -0.1) is 0 Å². The number of aromatic hydroxyl groups is 1. The van der Waals surface area contributed by atoms with Gasteiger partial charge in [-0.1, -0.05) is 40.6 Å². The zero-order valence-corrected chi connectivity index (χ0v) is 21.2. The number of benzene rings is 2. The van der Waals surface area contributed by atoms with Gasteiger partial charge in [-0.2, -0.15) is 49.1 Å². The molecular weight excluding hydrogens is 614 g/mol. The molecule has 0 saturated carbocycles. The molecule has 18 heteroatoms. The number of carbonyl (C=O) groups excluding carboxylic acids is 2. The van der Waals surface area contributed by atoms with Gasteiger partial charge in [0.25, 0.3) is 0 Å². The Bertz CT molecular complexity index is 1330. The van der Waals surface area contributed by atoms with Gasteiger partial charge in [-0.25, -0.2) is 4.39 Å². The van der Waals surface area contributed by atoms with Gasteiger partial charge in [-0.05, 0) is 41.9 Å². The van der Waals surface area contributed by atoms with Crippen molar-refractivity contribution in [1.82, 2.24) is 0 Å². The number of halogens is 10. The molecule has 8 nitrogen and oxygen atoms in total. The van der Waals surface area contributed by atoms with Crippen molar-refractivity contribution >= 4 is 12.0 Å². The van der Waals surface area contributed by atoms with Crippen molar-refractivity contribution in [2.45, 2.75) is 37.6 Å². The van der Waals surface area contributed by atoms with Crippen molar-refractivity contribution in [2.75, 3.05) is 0 Å². The lowest BCUT2D eigenvalue weighted by Gasteiger charge is -2.30. The Morgan fingerprint density at radius 3 is 1.81 bits per heavy atom. The minimum Gasteiger partial charge on any atom is -0.854 e. The molecular formula is C25H18F10N2O6. The fourth-order valence-electron chi connectivity index (χ4n) is 2.47. The quantitative estimate of drug-likeness (QED) is 0.166. The normalized spacial score (nSPS) is 13.0. The molecule has 1 N–H and O–H groups in total. The molecule has 1 atom stereocenters. The van der Waals surface area contributed by atoms with Gasteiger partial charge in [0.2, 0.25) is 12.4 Å². The summed E-state index contributed by atoms with van der Waals surface area (Å²) in [7, 11) is 0. The zero-order valence-electron chi connectivity index (χ0n) is 21.2. The fraction of sp³-hybridized carbons (Fsp3) is 0.240. The molecule has 0 aliphatic rings. The number of ether oxygens (including phenoxy) is 2. The minimum atomic E-state index is -6.97. The van der Waals surface area contributed by atoms with Gasteiger partial charge in [0, 0.05) is 12.1 Å². The molecule has 1 heterocycles.